The second-order valence-electron chi connectivity index (χ2n) is 4.35. The van der Waals surface area contributed by atoms with Gasteiger partial charge in [-0.25, -0.2) is 6.08 Å². The Kier molecular flexibility index (Phi) is 7.89. The van der Waals surface area contributed by atoms with Crippen LogP contribution in [0.15, 0.2) is 24.3 Å². The summed E-state index contributed by atoms with van der Waals surface area (Å²) in [6.07, 6.45) is 3.64. The summed E-state index contributed by atoms with van der Waals surface area (Å²) in [4.78, 5) is 13.7. The van der Waals surface area contributed by atoms with Gasteiger partial charge in [0, 0.05) is 46.4 Å². The van der Waals surface area contributed by atoms with Gasteiger partial charge < -0.3 is 14.4 Å². The first-order valence-electron chi connectivity index (χ1n) is 6.45. The number of nitrogens with zero attached hydrogens (tertiary/aromatic N) is 1. The second-order valence-corrected chi connectivity index (χ2v) is 4.88. The molecule has 6 heteroatoms. The molecule has 1 aromatic rings. The zero-order chi connectivity index (χ0) is 14.5. The van der Waals surface area contributed by atoms with Crippen molar-refractivity contribution in [3.05, 3.63) is 35.9 Å². The van der Waals surface area contributed by atoms with E-state index in [1.54, 1.807) is 12.0 Å². The molecule has 1 amide bonds. The van der Waals surface area contributed by atoms with Gasteiger partial charge in [0.1, 0.15) is 11.1 Å². The van der Waals surface area contributed by atoms with Crippen LogP contribution in [0, 0.1) is 6.08 Å². The topological polar surface area (TPSA) is 38.8 Å². The minimum Gasteiger partial charge on any atom is -0.468 e. The van der Waals surface area contributed by atoms with E-state index in [-0.39, 0.29) is 45.4 Å². The summed E-state index contributed by atoms with van der Waals surface area (Å²) in [6.45, 7) is 2.71. The van der Waals surface area contributed by atoms with Gasteiger partial charge in [0.2, 0.25) is 5.91 Å². The van der Waals surface area contributed by atoms with E-state index in [1.807, 2.05) is 31.2 Å². The van der Waals surface area contributed by atoms with Gasteiger partial charge >= 0.3 is 0 Å². The third kappa shape index (κ3) is 4.52. The van der Waals surface area contributed by atoms with Crippen molar-refractivity contribution in [3.8, 4) is 5.75 Å². The molecular weight excluding hydrogens is 367 g/mol. The molecule has 0 fully saturated rings. The molecule has 1 aliphatic heterocycles. The molecule has 21 heavy (non-hydrogen) atoms. The third-order valence-corrected chi connectivity index (χ3v) is 3.38. The molecule has 0 N–H and O–H groups in total. The van der Waals surface area contributed by atoms with Crippen molar-refractivity contribution in [1.82, 2.24) is 4.90 Å². The molecule has 4 nitrogen and oxygen atoms in total. The molecule has 0 aliphatic carbocycles. The average Bonchev–Trinajstić information content (AvgIpc) is 2.48. The van der Waals surface area contributed by atoms with Crippen LogP contribution >= 0.6 is 11.6 Å². The smallest absolute Gasteiger partial charge is 0.241 e. The first-order valence-corrected chi connectivity index (χ1v) is 6.89. The van der Waals surface area contributed by atoms with Crippen molar-refractivity contribution < 1.29 is 47.0 Å². The Hall–Kier alpha value is -0.416. The Morgan fingerprint density at radius 3 is 2.62 bits per heavy atom. The SMILES string of the molecule is CCN1C(=O)C(Cl)C[C-]=C1c1ccc(OCOC)cc1.[Y]. The zero-order valence-electron chi connectivity index (χ0n) is 12.1. The van der Waals surface area contributed by atoms with Crippen molar-refractivity contribution in [2.24, 2.45) is 0 Å². The molecule has 1 unspecified atom stereocenters. The number of halogens is 1. The van der Waals surface area contributed by atoms with E-state index in [0.717, 1.165) is 17.0 Å². The molecule has 0 saturated heterocycles. The van der Waals surface area contributed by atoms with Crippen molar-refractivity contribution in [3.63, 3.8) is 0 Å². The van der Waals surface area contributed by atoms with Crippen LogP contribution in [0.3, 0.4) is 0 Å². The molecule has 111 valence electrons. The standard InChI is InChI=1S/C15H17ClNO3.Y/c1-3-17-14(9-8-13(16)15(17)18)11-4-6-12(7-5-11)20-10-19-2;/h4-7,13H,3,8,10H2,1-2H3;/q-1;. The summed E-state index contributed by atoms with van der Waals surface area (Å²) >= 11 is 5.97. The predicted octanol–water partition coefficient (Wildman–Crippen LogP) is 2.67. The van der Waals surface area contributed by atoms with Gasteiger partial charge in [0.05, 0.1) is 0 Å². The van der Waals surface area contributed by atoms with Crippen LogP contribution in [0.4, 0.5) is 0 Å². The van der Waals surface area contributed by atoms with E-state index >= 15 is 0 Å². The largest absolute Gasteiger partial charge is 0.468 e. The summed E-state index contributed by atoms with van der Waals surface area (Å²) in [5.74, 6) is 0.652. The van der Waals surface area contributed by atoms with Gasteiger partial charge in [0.15, 0.2) is 6.79 Å². The number of hydrogen-bond acceptors (Lipinski definition) is 3. The molecule has 0 aromatic heterocycles. The molecule has 1 radical (unpaired) electrons. The number of carbonyl (C=O) groups is 1. The Bertz CT molecular complexity index is 504. The maximum absolute atomic E-state index is 12.0. The van der Waals surface area contributed by atoms with Gasteiger partial charge in [0.25, 0.3) is 0 Å². The van der Waals surface area contributed by atoms with E-state index in [9.17, 15) is 4.79 Å². The van der Waals surface area contributed by atoms with Crippen LogP contribution in [0.1, 0.15) is 18.9 Å². The van der Waals surface area contributed by atoms with Crippen LogP contribution in [-0.4, -0.2) is 36.6 Å². The van der Waals surface area contributed by atoms with E-state index in [2.05, 4.69) is 6.08 Å². The van der Waals surface area contributed by atoms with Gasteiger partial charge in [-0.1, -0.05) is 6.42 Å². The maximum atomic E-state index is 12.0. The normalized spacial score (nSPS) is 18.0. The third-order valence-electron chi connectivity index (χ3n) is 3.04. The molecule has 0 spiro atoms. The van der Waals surface area contributed by atoms with Gasteiger partial charge in [-0.15, -0.1) is 29.4 Å². The summed E-state index contributed by atoms with van der Waals surface area (Å²) in [5, 5.41) is -0.511. The van der Waals surface area contributed by atoms with Gasteiger partial charge in [-0.3, -0.25) is 4.79 Å². The minimum absolute atomic E-state index is 0. The summed E-state index contributed by atoms with van der Waals surface area (Å²) in [6, 6.07) is 7.48. The van der Waals surface area contributed by atoms with E-state index < -0.39 is 5.38 Å². The molecule has 1 atom stereocenters. The zero-order valence-corrected chi connectivity index (χ0v) is 15.7. The first kappa shape index (κ1) is 18.6. The molecule has 1 heterocycles. The van der Waals surface area contributed by atoms with Crippen LogP contribution in [0.25, 0.3) is 5.70 Å². The van der Waals surface area contributed by atoms with Crippen LogP contribution in [0.5, 0.6) is 5.75 Å². The van der Waals surface area contributed by atoms with Gasteiger partial charge in [-0.05, 0) is 19.1 Å². The predicted molar refractivity (Wildman–Crippen MR) is 77.2 cm³/mol. The van der Waals surface area contributed by atoms with Crippen LogP contribution in [-0.2, 0) is 42.2 Å². The Balaban J connectivity index is 0.00000220. The number of ether oxygens (including phenoxy) is 2. The Labute approximate surface area is 155 Å². The maximum Gasteiger partial charge on any atom is 0.241 e. The van der Waals surface area contributed by atoms with Crippen molar-refractivity contribution in [1.29, 1.82) is 0 Å². The summed E-state index contributed by atoms with van der Waals surface area (Å²) < 4.78 is 10.2. The number of benzene rings is 1. The van der Waals surface area contributed by atoms with E-state index in [0.29, 0.717) is 13.0 Å². The monoisotopic (exact) mass is 383 g/mol. The molecule has 2 rings (SSSR count). The second kappa shape index (κ2) is 8.89. The summed E-state index contributed by atoms with van der Waals surface area (Å²) in [5.41, 5.74) is 1.71. The molecular formula is C15H17ClNO3Y-. The fourth-order valence-electron chi connectivity index (χ4n) is 2.06. The number of allylic oxidation sites excluding steroid dienone is 1. The fraction of sp³-hybridized carbons (Fsp3) is 0.400. The van der Waals surface area contributed by atoms with E-state index in [4.69, 9.17) is 21.1 Å². The van der Waals surface area contributed by atoms with Crippen LogP contribution < -0.4 is 4.74 Å². The van der Waals surface area contributed by atoms with Crippen LogP contribution in [0.2, 0.25) is 0 Å². The first-order chi connectivity index (χ1) is 9.67. The van der Waals surface area contributed by atoms with E-state index in [1.165, 1.54) is 0 Å². The number of carbonyl (C=O) groups excluding carboxylic acids is 1. The number of amides is 1. The quantitative estimate of drug-likeness (QED) is 0.446. The number of methoxy groups -OCH3 is 1. The molecule has 1 aliphatic rings. The van der Waals surface area contributed by atoms with Crippen molar-refractivity contribution in [2.75, 3.05) is 20.4 Å². The van der Waals surface area contributed by atoms with Crippen molar-refractivity contribution >= 4 is 23.2 Å². The number of rotatable bonds is 5. The average molecular weight is 384 g/mol. The molecule has 1 aromatic carbocycles. The Morgan fingerprint density at radius 1 is 1.38 bits per heavy atom. The summed E-state index contributed by atoms with van der Waals surface area (Å²) in [7, 11) is 1.57. The number of alkyl halides is 1. The minimum atomic E-state index is -0.511. The fourth-order valence-corrected chi connectivity index (χ4v) is 2.25. The Morgan fingerprint density at radius 2 is 2.05 bits per heavy atom. The van der Waals surface area contributed by atoms with Crippen molar-refractivity contribution in [2.45, 2.75) is 18.7 Å². The molecule has 0 bridgehead atoms. The van der Waals surface area contributed by atoms with Gasteiger partial charge in [-0.2, -0.15) is 5.56 Å². The number of hydrogen-bond donors (Lipinski definition) is 0. The molecule has 0 saturated carbocycles.